The van der Waals surface area contributed by atoms with E-state index in [4.69, 9.17) is 5.11 Å². The predicted octanol–water partition coefficient (Wildman–Crippen LogP) is 0.256. The Kier molecular flexibility index (Phi) is 3.09. The van der Waals surface area contributed by atoms with E-state index in [0.717, 1.165) is 19.6 Å². The van der Waals surface area contributed by atoms with Crippen LogP contribution in [0.3, 0.4) is 0 Å². The predicted molar refractivity (Wildman–Crippen MR) is 49.9 cm³/mol. The number of aliphatic hydroxyl groups is 1. The van der Waals surface area contributed by atoms with Crippen LogP contribution in [0.25, 0.3) is 0 Å². The maximum Gasteiger partial charge on any atom is 0.0959 e. The Bertz CT molecular complexity index is 142. The van der Waals surface area contributed by atoms with Gasteiger partial charge in [0.1, 0.15) is 0 Å². The number of aliphatic hydroxyl groups excluding tert-OH is 1. The molecule has 0 spiro atoms. The second-order valence-corrected chi connectivity index (χ2v) is 4.54. The quantitative estimate of drug-likeness (QED) is 0.595. The van der Waals surface area contributed by atoms with Crippen LogP contribution in [0.4, 0.5) is 0 Å². The van der Waals surface area contributed by atoms with Crippen molar-refractivity contribution in [2.24, 2.45) is 5.41 Å². The van der Waals surface area contributed by atoms with Crippen molar-refractivity contribution < 1.29 is 5.11 Å². The zero-order valence-corrected chi connectivity index (χ0v) is 8.30. The van der Waals surface area contributed by atoms with Crippen molar-refractivity contribution in [3.8, 4) is 0 Å². The van der Waals surface area contributed by atoms with E-state index < -0.39 is 0 Å². The molecule has 1 atom stereocenters. The van der Waals surface area contributed by atoms with E-state index in [1.54, 1.807) is 0 Å². The van der Waals surface area contributed by atoms with Gasteiger partial charge in [0.15, 0.2) is 0 Å². The zero-order chi connectivity index (χ0) is 9.19. The SMILES string of the molecule is CC(C)(C)C1CNCCN1CO. The molecule has 1 aliphatic rings. The Morgan fingerprint density at radius 2 is 2.17 bits per heavy atom. The lowest BCUT2D eigenvalue weighted by atomic mass is 9.85. The smallest absolute Gasteiger partial charge is 0.0959 e. The number of hydrogen-bond donors (Lipinski definition) is 2. The van der Waals surface area contributed by atoms with E-state index in [-0.39, 0.29) is 12.1 Å². The van der Waals surface area contributed by atoms with Gasteiger partial charge in [0.25, 0.3) is 0 Å². The van der Waals surface area contributed by atoms with Crippen molar-refractivity contribution in [1.29, 1.82) is 0 Å². The van der Waals surface area contributed by atoms with Crippen LogP contribution >= 0.6 is 0 Å². The monoisotopic (exact) mass is 172 g/mol. The molecule has 0 amide bonds. The third kappa shape index (κ3) is 2.19. The Morgan fingerprint density at radius 3 is 2.58 bits per heavy atom. The Balaban J connectivity index is 2.59. The van der Waals surface area contributed by atoms with Crippen molar-refractivity contribution in [2.75, 3.05) is 26.4 Å². The van der Waals surface area contributed by atoms with Crippen LogP contribution < -0.4 is 5.32 Å². The number of nitrogens with zero attached hydrogens (tertiary/aromatic N) is 1. The molecule has 72 valence electrons. The molecule has 1 rings (SSSR count). The molecule has 1 saturated heterocycles. The topological polar surface area (TPSA) is 35.5 Å². The summed E-state index contributed by atoms with van der Waals surface area (Å²) in [5.74, 6) is 0. The van der Waals surface area contributed by atoms with Crippen LogP contribution in [0.1, 0.15) is 20.8 Å². The molecule has 0 saturated carbocycles. The summed E-state index contributed by atoms with van der Waals surface area (Å²) in [6.07, 6.45) is 0. The summed E-state index contributed by atoms with van der Waals surface area (Å²) in [6.45, 7) is 9.77. The second-order valence-electron chi connectivity index (χ2n) is 4.54. The van der Waals surface area contributed by atoms with Gasteiger partial charge in [0, 0.05) is 25.7 Å². The molecular weight excluding hydrogens is 152 g/mol. The summed E-state index contributed by atoms with van der Waals surface area (Å²) in [5, 5.41) is 12.5. The molecule has 1 aliphatic heterocycles. The van der Waals surface area contributed by atoms with Crippen molar-refractivity contribution in [3.63, 3.8) is 0 Å². The first-order valence-electron chi connectivity index (χ1n) is 4.61. The van der Waals surface area contributed by atoms with Crippen LogP contribution in [0.5, 0.6) is 0 Å². The fourth-order valence-corrected chi connectivity index (χ4v) is 1.77. The highest BCUT2D eigenvalue weighted by molar-refractivity contribution is 4.87. The fraction of sp³-hybridized carbons (Fsp3) is 1.00. The summed E-state index contributed by atoms with van der Waals surface area (Å²) in [7, 11) is 0. The van der Waals surface area contributed by atoms with Crippen molar-refractivity contribution in [3.05, 3.63) is 0 Å². The molecule has 1 fully saturated rings. The number of piperazine rings is 1. The van der Waals surface area contributed by atoms with Gasteiger partial charge >= 0.3 is 0 Å². The van der Waals surface area contributed by atoms with E-state index in [9.17, 15) is 0 Å². The van der Waals surface area contributed by atoms with Gasteiger partial charge in [-0.3, -0.25) is 4.90 Å². The van der Waals surface area contributed by atoms with Crippen LogP contribution in [0, 0.1) is 5.41 Å². The van der Waals surface area contributed by atoms with Gasteiger partial charge < -0.3 is 10.4 Å². The van der Waals surface area contributed by atoms with Gasteiger partial charge in [-0.1, -0.05) is 20.8 Å². The van der Waals surface area contributed by atoms with Crippen molar-refractivity contribution in [1.82, 2.24) is 10.2 Å². The fourth-order valence-electron chi connectivity index (χ4n) is 1.77. The van der Waals surface area contributed by atoms with E-state index in [2.05, 4.69) is 31.0 Å². The highest BCUT2D eigenvalue weighted by Crippen LogP contribution is 2.24. The van der Waals surface area contributed by atoms with Gasteiger partial charge in [-0.05, 0) is 5.41 Å². The van der Waals surface area contributed by atoms with Gasteiger partial charge in [0.2, 0.25) is 0 Å². The second kappa shape index (κ2) is 3.73. The molecule has 3 nitrogen and oxygen atoms in total. The molecule has 0 aromatic carbocycles. The molecule has 12 heavy (non-hydrogen) atoms. The van der Waals surface area contributed by atoms with E-state index in [1.165, 1.54) is 0 Å². The first-order valence-corrected chi connectivity index (χ1v) is 4.61. The van der Waals surface area contributed by atoms with Crippen LogP contribution in [-0.2, 0) is 0 Å². The average Bonchev–Trinajstić information content (AvgIpc) is 2.03. The molecule has 2 N–H and O–H groups in total. The summed E-state index contributed by atoms with van der Waals surface area (Å²) in [5.41, 5.74) is 0.246. The number of hydrogen-bond acceptors (Lipinski definition) is 3. The normalized spacial score (nSPS) is 27.5. The third-order valence-electron chi connectivity index (χ3n) is 2.54. The Morgan fingerprint density at radius 1 is 1.50 bits per heavy atom. The maximum atomic E-state index is 9.12. The molecule has 3 heteroatoms. The zero-order valence-electron chi connectivity index (χ0n) is 8.30. The van der Waals surface area contributed by atoms with Crippen LogP contribution in [-0.4, -0.2) is 42.4 Å². The molecule has 0 aromatic rings. The van der Waals surface area contributed by atoms with Gasteiger partial charge in [-0.2, -0.15) is 0 Å². The lowest BCUT2D eigenvalue weighted by Gasteiger charge is -2.42. The number of rotatable bonds is 1. The van der Waals surface area contributed by atoms with E-state index in [0.29, 0.717) is 6.04 Å². The molecule has 0 aliphatic carbocycles. The highest BCUT2D eigenvalue weighted by atomic mass is 16.3. The maximum absolute atomic E-state index is 9.12. The van der Waals surface area contributed by atoms with Gasteiger partial charge in [0.05, 0.1) is 6.73 Å². The molecule has 0 bridgehead atoms. The minimum Gasteiger partial charge on any atom is -0.381 e. The lowest BCUT2D eigenvalue weighted by Crippen LogP contribution is -2.56. The van der Waals surface area contributed by atoms with Crippen molar-refractivity contribution >= 4 is 0 Å². The Hall–Kier alpha value is -0.120. The highest BCUT2D eigenvalue weighted by Gasteiger charge is 2.31. The van der Waals surface area contributed by atoms with Crippen molar-refractivity contribution in [2.45, 2.75) is 26.8 Å². The third-order valence-corrected chi connectivity index (χ3v) is 2.54. The largest absolute Gasteiger partial charge is 0.381 e. The summed E-state index contributed by atoms with van der Waals surface area (Å²) < 4.78 is 0. The molecule has 0 radical (unpaired) electrons. The first-order chi connectivity index (χ1) is 5.55. The van der Waals surface area contributed by atoms with Gasteiger partial charge in [-0.15, -0.1) is 0 Å². The molecule has 1 unspecified atom stereocenters. The molecular formula is C9H20N2O. The number of nitrogens with one attached hydrogen (secondary N) is 1. The summed E-state index contributed by atoms with van der Waals surface area (Å²) in [4.78, 5) is 2.14. The molecule has 0 aromatic heterocycles. The van der Waals surface area contributed by atoms with Gasteiger partial charge in [-0.25, -0.2) is 0 Å². The standard InChI is InChI=1S/C9H20N2O/c1-9(2,3)8-6-10-4-5-11(8)7-12/h8,10,12H,4-7H2,1-3H3. The minimum absolute atomic E-state index is 0.184. The minimum atomic E-state index is 0.184. The average molecular weight is 172 g/mol. The lowest BCUT2D eigenvalue weighted by molar-refractivity contribution is 0.00538. The summed E-state index contributed by atoms with van der Waals surface area (Å²) >= 11 is 0. The van der Waals surface area contributed by atoms with Crippen LogP contribution in [0.2, 0.25) is 0 Å². The van der Waals surface area contributed by atoms with E-state index in [1.807, 2.05) is 0 Å². The first kappa shape index (κ1) is 9.96. The Labute approximate surface area is 74.8 Å². The summed E-state index contributed by atoms with van der Waals surface area (Å²) in [6, 6.07) is 0.455. The molecule has 1 heterocycles. The van der Waals surface area contributed by atoms with Crippen LogP contribution in [0.15, 0.2) is 0 Å². The van der Waals surface area contributed by atoms with E-state index >= 15 is 0 Å².